The fraction of sp³-hybridized carbons (Fsp3) is 0.355. The number of aryl methyl sites for hydroxylation is 3. The predicted octanol–water partition coefficient (Wildman–Crippen LogP) is 4.42. The number of aromatic amines is 1. The molecule has 0 aliphatic carbocycles. The van der Waals surface area contributed by atoms with Crippen molar-refractivity contribution in [3.8, 4) is 17.1 Å². The lowest BCUT2D eigenvalue weighted by Gasteiger charge is -2.17. The van der Waals surface area contributed by atoms with E-state index in [-0.39, 0.29) is 18.6 Å². The smallest absolute Gasteiger partial charge is 0.238 e. The molecule has 1 saturated heterocycles. The maximum atomic E-state index is 13.1. The number of anilines is 4. The summed E-state index contributed by atoms with van der Waals surface area (Å²) in [4.78, 5) is 36.3. The van der Waals surface area contributed by atoms with Gasteiger partial charge in [-0.15, -0.1) is 0 Å². The van der Waals surface area contributed by atoms with Crippen molar-refractivity contribution in [3.05, 3.63) is 60.3 Å². The van der Waals surface area contributed by atoms with Gasteiger partial charge in [0.25, 0.3) is 0 Å². The number of H-pyrrole nitrogens is 1. The summed E-state index contributed by atoms with van der Waals surface area (Å²) in [5.74, 6) is 2.35. The Morgan fingerprint density at radius 2 is 2.05 bits per heavy atom. The first-order valence-corrected chi connectivity index (χ1v) is 14.8. The minimum atomic E-state index is -0.0854. The minimum absolute atomic E-state index is 0.0386. The molecule has 0 bridgehead atoms. The van der Waals surface area contributed by atoms with Gasteiger partial charge in [-0.3, -0.25) is 14.4 Å². The van der Waals surface area contributed by atoms with Crippen molar-refractivity contribution >= 4 is 40.1 Å². The first kappa shape index (κ1) is 29.1. The summed E-state index contributed by atoms with van der Waals surface area (Å²) in [7, 11) is 1.89. The Kier molecular flexibility index (Phi) is 8.37. The summed E-state index contributed by atoms with van der Waals surface area (Å²) < 4.78 is 7.89. The number of carbonyl (C=O) groups is 1. The molecule has 1 amide bonds. The summed E-state index contributed by atoms with van der Waals surface area (Å²) in [6, 6.07) is 9.62. The van der Waals surface area contributed by atoms with E-state index in [9.17, 15) is 4.79 Å². The van der Waals surface area contributed by atoms with E-state index in [1.165, 1.54) is 6.33 Å². The number of para-hydroxylation sites is 1. The number of nitrogens with one attached hydrogen (secondary N) is 4. The lowest BCUT2D eigenvalue weighted by Crippen LogP contribution is -2.33. The van der Waals surface area contributed by atoms with Gasteiger partial charge in [0, 0.05) is 67.9 Å². The van der Waals surface area contributed by atoms with Crippen LogP contribution in [-0.4, -0.2) is 77.8 Å². The second-order valence-corrected chi connectivity index (χ2v) is 11.1. The van der Waals surface area contributed by atoms with Gasteiger partial charge in [0.1, 0.15) is 18.2 Å². The highest BCUT2D eigenvalue weighted by Crippen LogP contribution is 2.33. The second kappa shape index (κ2) is 12.7. The third-order valence-corrected chi connectivity index (χ3v) is 7.65. The van der Waals surface area contributed by atoms with Crippen molar-refractivity contribution < 1.29 is 9.53 Å². The zero-order chi connectivity index (χ0) is 30.6. The maximum Gasteiger partial charge on any atom is 0.238 e. The monoisotopic (exact) mass is 595 g/mol. The number of rotatable bonds is 11. The van der Waals surface area contributed by atoms with E-state index in [0.29, 0.717) is 29.9 Å². The fourth-order valence-electron chi connectivity index (χ4n) is 5.32. The first-order chi connectivity index (χ1) is 21.4. The standard InChI is InChI=1S/C31H37N11O2/c1-5-10-32-25-13-28(36-18-35-25)44-21-9-11-42(16-21)17-27(43)37-24-8-6-7-22-23(15-33-30(22)24)29-19(2)14-34-31(39-29)38-26-12-20(3)41(4)40-26/h6-8,12-15,18,21,33H,5,9-11,16-17H2,1-4H3,(H,37,43)(H,32,35,36)(H,34,38,39,40)/t21-/m0/s1. The average Bonchev–Trinajstić information content (AvgIpc) is 3.72. The van der Waals surface area contributed by atoms with E-state index in [1.807, 2.05) is 57.4 Å². The number of ether oxygens (including phenoxy) is 1. The van der Waals surface area contributed by atoms with Crippen LogP contribution in [0.25, 0.3) is 22.2 Å². The lowest BCUT2D eigenvalue weighted by atomic mass is 10.1. The molecule has 1 atom stereocenters. The molecule has 0 unspecified atom stereocenters. The highest BCUT2D eigenvalue weighted by atomic mass is 16.5. The van der Waals surface area contributed by atoms with Crippen molar-refractivity contribution in [2.24, 2.45) is 7.05 Å². The highest BCUT2D eigenvalue weighted by molar-refractivity contribution is 6.06. The molecule has 5 aromatic rings. The Morgan fingerprint density at radius 1 is 1.16 bits per heavy atom. The van der Waals surface area contributed by atoms with E-state index in [4.69, 9.17) is 9.72 Å². The van der Waals surface area contributed by atoms with Crippen LogP contribution in [0.4, 0.5) is 23.3 Å². The van der Waals surface area contributed by atoms with Gasteiger partial charge in [-0.2, -0.15) is 5.10 Å². The number of likely N-dealkylation sites (tertiary alicyclic amines) is 1. The molecular weight excluding hydrogens is 558 g/mol. The van der Waals surface area contributed by atoms with Gasteiger partial charge in [-0.05, 0) is 38.3 Å². The molecule has 4 N–H and O–H groups in total. The lowest BCUT2D eigenvalue weighted by molar-refractivity contribution is -0.117. The number of amides is 1. The van der Waals surface area contributed by atoms with E-state index >= 15 is 0 Å². The summed E-state index contributed by atoms with van der Waals surface area (Å²) in [5, 5.41) is 14.9. The van der Waals surface area contributed by atoms with E-state index < -0.39 is 0 Å². The largest absolute Gasteiger partial charge is 0.473 e. The van der Waals surface area contributed by atoms with Crippen LogP contribution >= 0.6 is 0 Å². The molecule has 1 aliphatic heterocycles. The minimum Gasteiger partial charge on any atom is -0.473 e. The van der Waals surface area contributed by atoms with Crippen LogP contribution < -0.4 is 20.7 Å². The van der Waals surface area contributed by atoms with Gasteiger partial charge < -0.3 is 25.7 Å². The van der Waals surface area contributed by atoms with Crippen LogP contribution in [0.3, 0.4) is 0 Å². The summed E-state index contributed by atoms with van der Waals surface area (Å²) >= 11 is 0. The zero-order valence-corrected chi connectivity index (χ0v) is 25.4. The quantitative estimate of drug-likeness (QED) is 0.173. The van der Waals surface area contributed by atoms with Crippen LogP contribution in [0.2, 0.25) is 0 Å². The topological polar surface area (TPSA) is 151 Å². The third-order valence-electron chi connectivity index (χ3n) is 7.65. The summed E-state index contributed by atoms with van der Waals surface area (Å²) in [6.07, 6.45) is 7.01. The van der Waals surface area contributed by atoms with Crippen LogP contribution in [0.5, 0.6) is 5.88 Å². The summed E-state index contributed by atoms with van der Waals surface area (Å²) in [5.41, 5.74) is 5.23. The van der Waals surface area contributed by atoms with Gasteiger partial charge in [0.2, 0.25) is 17.7 Å². The van der Waals surface area contributed by atoms with E-state index in [0.717, 1.165) is 65.2 Å². The Morgan fingerprint density at radius 3 is 2.86 bits per heavy atom. The molecular formula is C31H37N11O2. The highest BCUT2D eigenvalue weighted by Gasteiger charge is 2.26. The number of aromatic nitrogens is 7. The Labute approximate surface area is 255 Å². The van der Waals surface area contributed by atoms with Crippen LogP contribution in [-0.2, 0) is 11.8 Å². The number of nitrogens with zero attached hydrogens (tertiary/aromatic N) is 7. The fourth-order valence-corrected chi connectivity index (χ4v) is 5.32. The first-order valence-electron chi connectivity index (χ1n) is 14.8. The van der Waals surface area contributed by atoms with Crippen molar-refractivity contribution in [1.29, 1.82) is 0 Å². The van der Waals surface area contributed by atoms with Crippen LogP contribution in [0, 0.1) is 13.8 Å². The molecule has 6 rings (SSSR count). The van der Waals surface area contributed by atoms with Gasteiger partial charge in [-0.1, -0.05) is 19.1 Å². The molecule has 1 aliphatic rings. The normalized spacial score (nSPS) is 15.0. The van der Waals surface area contributed by atoms with Crippen molar-refractivity contribution in [2.75, 3.05) is 42.1 Å². The maximum absolute atomic E-state index is 13.1. The molecule has 0 spiro atoms. The Balaban J connectivity index is 1.10. The number of hydrogen-bond acceptors (Lipinski definition) is 10. The molecule has 1 aromatic carbocycles. The predicted molar refractivity (Wildman–Crippen MR) is 170 cm³/mol. The van der Waals surface area contributed by atoms with Crippen LogP contribution in [0.15, 0.2) is 49.1 Å². The van der Waals surface area contributed by atoms with Crippen molar-refractivity contribution in [2.45, 2.75) is 39.7 Å². The molecule has 44 heavy (non-hydrogen) atoms. The number of hydrogen-bond donors (Lipinski definition) is 4. The molecule has 228 valence electrons. The summed E-state index contributed by atoms with van der Waals surface area (Å²) in [6.45, 7) is 8.59. The van der Waals surface area contributed by atoms with Gasteiger partial charge >= 0.3 is 0 Å². The van der Waals surface area contributed by atoms with Gasteiger partial charge in [-0.25, -0.2) is 19.9 Å². The van der Waals surface area contributed by atoms with Crippen molar-refractivity contribution in [1.82, 2.24) is 39.6 Å². The van der Waals surface area contributed by atoms with Gasteiger partial charge in [0.05, 0.1) is 23.4 Å². The van der Waals surface area contributed by atoms with Crippen molar-refractivity contribution in [3.63, 3.8) is 0 Å². The molecule has 13 nitrogen and oxygen atoms in total. The molecule has 13 heteroatoms. The second-order valence-electron chi connectivity index (χ2n) is 11.1. The van der Waals surface area contributed by atoms with Gasteiger partial charge in [0.15, 0.2) is 5.82 Å². The number of fused-ring (bicyclic) bond motifs is 1. The molecule has 0 saturated carbocycles. The molecule has 5 heterocycles. The number of carbonyl (C=O) groups excluding carboxylic acids is 1. The third kappa shape index (κ3) is 6.47. The molecule has 4 aromatic heterocycles. The average molecular weight is 596 g/mol. The zero-order valence-electron chi connectivity index (χ0n) is 25.4. The number of benzene rings is 1. The molecule has 0 radical (unpaired) electrons. The SMILES string of the molecule is CCCNc1cc(O[C@H]2CCN(CC(=O)Nc3cccc4c(-c5nc(Nc6cc(C)n(C)n6)ncc5C)c[nH]c34)C2)ncn1. The van der Waals surface area contributed by atoms with Crippen LogP contribution in [0.1, 0.15) is 31.0 Å². The Bertz CT molecular complexity index is 1760. The van der Waals surface area contributed by atoms with E-state index in [2.05, 4.69) is 52.8 Å². The van der Waals surface area contributed by atoms with E-state index in [1.54, 1.807) is 10.9 Å². The molecule has 1 fully saturated rings. The Hall–Kier alpha value is -5.04.